The van der Waals surface area contributed by atoms with Gasteiger partial charge in [0.05, 0.1) is 11.9 Å². The van der Waals surface area contributed by atoms with E-state index in [1.54, 1.807) is 12.1 Å². The summed E-state index contributed by atoms with van der Waals surface area (Å²) in [4.78, 5) is 25.0. The molecule has 0 atom stereocenters. The average Bonchev–Trinajstić information content (AvgIpc) is 2.90. The zero-order chi connectivity index (χ0) is 27.3. The highest BCUT2D eigenvalue weighted by molar-refractivity contribution is 6.08. The minimum absolute atomic E-state index is 0.0424. The van der Waals surface area contributed by atoms with E-state index in [-0.39, 0.29) is 34.9 Å². The molecule has 38 heavy (non-hydrogen) atoms. The molecule has 0 unspecified atom stereocenters. The van der Waals surface area contributed by atoms with E-state index < -0.39 is 5.91 Å². The standard InChI is InChI=1S/C30H30N4O4/c1-30(2,3)21-10-12-22(13-11-21)38-18-28(36)33-26-14-8-20(23-6-4-5-7-24(23)26)17-32-34-29(37)19-9-15-27(35)25(31)16-19/h4-17,35H,18,31H2,1-3H3,(H,33,36)(H,34,37)/b32-17+. The van der Waals surface area contributed by atoms with Crippen molar-refractivity contribution in [2.24, 2.45) is 5.10 Å². The summed E-state index contributed by atoms with van der Waals surface area (Å²) in [5, 5.41) is 18.2. The minimum atomic E-state index is -0.464. The van der Waals surface area contributed by atoms with Crippen LogP contribution in [0.15, 0.2) is 84.0 Å². The van der Waals surface area contributed by atoms with Crippen molar-refractivity contribution in [2.45, 2.75) is 26.2 Å². The normalized spacial score (nSPS) is 11.4. The summed E-state index contributed by atoms with van der Waals surface area (Å²) in [6.07, 6.45) is 1.53. The number of amides is 2. The van der Waals surface area contributed by atoms with Crippen LogP contribution in [0, 0.1) is 0 Å². The number of hydrogen-bond acceptors (Lipinski definition) is 6. The lowest BCUT2D eigenvalue weighted by Crippen LogP contribution is -2.20. The average molecular weight is 511 g/mol. The number of nitrogen functional groups attached to an aromatic ring is 1. The molecular formula is C30H30N4O4. The number of ether oxygens (including phenoxy) is 1. The largest absolute Gasteiger partial charge is 0.506 e. The lowest BCUT2D eigenvalue weighted by atomic mass is 9.87. The second-order valence-electron chi connectivity index (χ2n) is 9.83. The molecule has 8 heteroatoms. The van der Waals surface area contributed by atoms with Crippen molar-refractivity contribution in [2.75, 3.05) is 17.7 Å². The molecule has 0 aromatic heterocycles. The van der Waals surface area contributed by atoms with Gasteiger partial charge in [0.1, 0.15) is 11.5 Å². The maximum Gasteiger partial charge on any atom is 0.271 e. The number of aromatic hydroxyl groups is 1. The summed E-state index contributed by atoms with van der Waals surface area (Å²) in [6, 6.07) is 23.1. The lowest BCUT2D eigenvalue weighted by molar-refractivity contribution is -0.118. The SMILES string of the molecule is CC(C)(C)c1ccc(OCC(=O)Nc2ccc(/C=N/NC(=O)c3ccc(O)c(N)c3)c3ccccc23)cc1. The van der Waals surface area contributed by atoms with Crippen LogP contribution in [0.3, 0.4) is 0 Å². The molecule has 5 N–H and O–H groups in total. The summed E-state index contributed by atoms with van der Waals surface area (Å²) < 4.78 is 5.67. The number of nitrogens with two attached hydrogens (primary N) is 1. The highest BCUT2D eigenvalue weighted by atomic mass is 16.5. The first-order valence-electron chi connectivity index (χ1n) is 12.1. The van der Waals surface area contributed by atoms with Crippen LogP contribution in [0.5, 0.6) is 11.5 Å². The molecule has 4 aromatic carbocycles. The van der Waals surface area contributed by atoms with E-state index in [0.29, 0.717) is 11.4 Å². The Hall–Kier alpha value is -4.85. The molecule has 0 saturated heterocycles. The molecule has 4 aromatic rings. The van der Waals surface area contributed by atoms with E-state index in [0.717, 1.165) is 16.3 Å². The number of nitrogens with one attached hydrogen (secondary N) is 2. The van der Waals surface area contributed by atoms with Crippen molar-refractivity contribution in [3.05, 3.63) is 95.6 Å². The quantitative estimate of drug-likeness (QED) is 0.118. The third kappa shape index (κ3) is 6.28. The number of carbonyl (C=O) groups excluding carboxylic acids is 2. The van der Waals surface area contributed by atoms with E-state index >= 15 is 0 Å². The third-order valence-electron chi connectivity index (χ3n) is 5.98. The minimum Gasteiger partial charge on any atom is -0.506 e. The van der Waals surface area contributed by atoms with Gasteiger partial charge in [-0.1, -0.05) is 63.2 Å². The number of carbonyl (C=O) groups is 2. The zero-order valence-corrected chi connectivity index (χ0v) is 21.5. The van der Waals surface area contributed by atoms with Gasteiger partial charge in [-0.2, -0.15) is 5.10 Å². The Morgan fingerprint density at radius 1 is 0.974 bits per heavy atom. The Labute approximate surface area is 221 Å². The predicted octanol–water partition coefficient (Wildman–Crippen LogP) is 5.21. The molecule has 0 aliphatic rings. The van der Waals surface area contributed by atoms with E-state index in [9.17, 15) is 14.7 Å². The Morgan fingerprint density at radius 3 is 2.37 bits per heavy atom. The van der Waals surface area contributed by atoms with Crippen LogP contribution < -0.4 is 21.2 Å². The summed E-state index contributed by atoms with van der Waals surface area (Å²) in [6.45, 7) is 6.30. The molecule has 0 heterocycles. The second-order valence-corrected chi connectivity index (χ2v) is 9.83. The van der Waals surface area contributed by atoms with Gasteiger partial charge in [0.25, 0.3) is 11.8 Å². The first kappa shape index (κ1) is 26.2. The number of phenols is 1. The molecule has 0 saturated carbocycles. The van der Waals surface area contributed by atoms with Gasteiger partial charge in [-0.05, 0) is 52.8 Å². The summed E-state index contributed by atoms with van der Waals surface area (Å²) >= 11 is 0. The van der Waals surface area contributed by atoms with E-state index in [2.05, 4.69) is 36.6 Å². The molecule has 0 fully saturated rings. The fourth-order valence-electron chi connectivity index (χ4n) is 3.85. The van der Waals surface area contributed by atoms with Crippen molar-refractivity contribution in [3.63, 3.8) is 0 Å². The Kier molecular flexibility index (Phi) is 7.62. The van der Waals surface area contributed by atoms with Crippen LogP contribution >= 0.6 is 0 Å². The number of anilines is 2. The number of hydrazone groups is 1. The highest BCUT2D eigenvalue weighted by Gasteiger charge is 2.14. The molecule has 0 spiro atoms. The zero-order valence-electron chi connectivity index (χ0n) is 21.5. The van der Waals surface area contributed by atoms with Gasteiger partial charge in [-0.25, -0.2) is 5.43 Å². The van der Waals surface area contributed by atoms with Gasteiger partial charge < -0.3 is 20.9 Å². The number of nitrogens with zero attached hydrogens (tertiary/aromatic N) is 1. The molecule has 0 radical (unpaired) electrons. The third-order valence-corrected chi connectivity index (χ3v) is 5.98. The molecule has 194 valence electrons. The second kappa shape index (κ2) is 11.0. The molecule has 0 bridgehead atoms. The van der Waals surface area contributed by atoms with Crippen LogP contribution in [0.25, 0.3) is 10.8 Å². The molecular weight excluding hydrogens is 480 g/mol. The molecule has 0 aliphatic heterocycles. The van der Waals surface area contributed by atoms with Crippen molar-refractivity contribution in [1.82, 2.24) is 5.43 Å². The monoisotopic (exact) mass is 510 g/mol. The van der Waals surface area contributed by atoms with Crippen LogP contribution in [0.1, 0.15) is 42.3 Å². The first-order valence-corrected chi connectivity index (χ1v) is 12.1. The maximum absolute atomic E-state index is 12.6. The van der Waals surface area contributed by atoms with Gasteiger partial charge in [0.2, 0.25) is 0 Å². The number of benzene rings is 4. The van der Waals surface area contributed by atoms with Gasteiger partial charge in [0, 0.05) is 22.2 Å². The van der Waals surface area contributed by atoms with Gasteiger partial charge in [0.15, 0.2) is 6.61 Å². The molecule has 0 aliphatic carbocycles. The van der Waals surface area contributed by atoms with Crippen molar-refractivity contribution < 1.29 is 19.4 Å². The first-order chi connectivity index (χ1) is 18.1. The van der Waals surface area contributed by atoms with E-state index in [1.807, 2.05) is 48.5 Å². The fraction of sp³-hybridized carbons (Fsp3) is 0.167. The number of hydrogen-bond donors (Lipinski definition) is 4. The molecule has 4 rings (SSSR count). The summed E-state index contributed by atoms with van der Waals surface area (Å²) in [5.74, 6) is -0.210. The Balaban J connectivity index is 1.42. The number of phenolic OH excluding ortho intramolecular Hbond substituents is 1. The predicted molar refractivity (Wildman–Crippen MR) is 151 cm³/mol. The van der Waals surface area contributed by atoms with Gasteiger partial charge >= 0.3 is 0 Å². The van der Waals surface area contributed by atoms with Crippen LogP contribution in [-0.4, -0.2) is 29.7 Å². The van der Waals surface area contributed by atoms with E-state index in [1.165, 1.54) is 30.0 Å². The number of fused-ring (bicyclic) bond motifs is 1. The van der Waals surface area contributed by atoms with Crippen molar-refractivity contribution in [1.29, 1.82) is 0 Å². The van der Waals surface area contributed by atoms with Gasteiger partial charge in [-0.3, -0.25) is 9.59 Å². The number of rotatable bonds is 7. The summed E-state index contributed by atoms with van der Waals surface area (Å²) in [7, 11) is 0. The van der Waals surface area contributed by atoms with Gasteiger partial charge in [-0.15, -0.1) is 0 Å². The van der Waals surface area contributed by atoms with Crippen molar-refractivity contribution in [3.8, 4) is 11.5 Å². The highest BCUT2D eigenvalue weighted by Crippen LogP contribution is 2.27. The molecule has 8 nitrogen and oxygen atoms in total. The van der Waals surface area contributed by atoms with Crippen molar-refractivity contribution >= 4 is 40.2 Å². The van der Waals surface area contributed by atoms with E-state index in [4.69, 9.17) is 10.5 Å². The lowest BCUT2D eigenvalue weighted by Gasteiger charge is -2.19. The topological polar surface area (TPSA) is 126 Å². The fourth-order valence-corrected chi connectivity index (χ4v) is 3.85. The Morgan fingerprint density at radius 2 is 1.68 bits per heavy atom. The summed E-state index contributed by atoms with van der Waals surface area (Å²) in [5.41, 5.74) is 11.1. The molecule has 2 amide bonds. The maximum atomic E-state index is 12.6. The Bertz CT molecular complexity index is 1510. The van der Waals surface area contributed by atoms with Crippen LogP contribution in [0.4, 0.5) is 11.4 Å². The smallest absolute Gasteiger partial charge is 0.271 e. The van der Waals surface area contributed by atoms with Crippen LogP contribution in [0.2, 0.25) is 0 Å². The van der Waals surface area contributed by atoms with Crippen LogP contribution in [-0.2, 0) is 10.2 Å².